The fourth-order valence-corrected chi connectivity index (χ4v) is 2.68. The number of carboxylic acids is 1. The molecule has 0 aliphatic carbocycles. The van der Waals surface area contributed by atoms with Crippen LogP contribution in [0.2, 0.25) is 0 Å². The number of rotatable bonds is 14. The fourth-order valence-electron chi connectivity index (χ4n) is 2.68. The lowest BCUT2D eigenvalue weighted by atomic mass is 10.1. The van der Waals surface area contributed by atoms with Gasteiger partial charge in [0.2, 0.25) is 0 Å². The molecule has 0 saturated carbocycles. The molecule has 2 N–H and O–H groups in total. The van der Waals surface area contributed by atoms with Crippen LogP contribution in [0.4, 0.5) is 0 Å². The van der Waals surface area contributed by atoms with Gasteiger partial charge in [0, 0.05) is 12.8 Å². The maximum absolute atomic E-state index is 10.3. The summed E-state index contributed by atoms with van der Waals surface area (Å²) in [7, 11) is 0. The molecule has 1 aliphatic rings. The van der Waals surface area contributed by atoms with Crippen molar-refractivity contribution in [2.45, 2.75) is 95.9 Å². The van der Waals surface area contributed by atoms with E-state index in [1.165, 1.54) is 12.8 Å². The topological polar surface area (TPSA) is 70.1 Å². The highest BCUT2D eigenvalue weighted by atomic mass is 16.6. The van der Waals surface area contributed by atoms with Gasteiger partial charge in [0.15, 0.2) is 0 Å². The SMILES string of the molecule is CCCCC1OC1CC(O)C=CCCCCCCCC(=O)O. The molecule has 1 aliphatic heterocycles. The van der Waals surface area contributed by atoms with Crippen LogP contribution in [0.5, 0.6) is 0 Å². The summed E-state index contributed by atoms with van der Waals surface area (Å²) < 4.78 is 5.55. The van der Waals surface area contributed by atoms with Gasteiger partial charge in [-0.2, -0.15) is 0 Å². The van der Waals surface area contributed by atoms with Crippen LogP contribution in [-0.2, 0) is 9.53 Å². The van der Waals surface area contributed by atoms with E-state index < -0.39 is 5.97 Å². The van der Waals surface area contributed by atoms with Gasteiger partial charge in [-0.15, -0.1) is 0 Å². The average Bonchev–Trinajstić information content (AvgIpc) is 3.21. The summed E-state index contributed by atoms with van der Waals surface area (Å²) in [6.45, 7) is 2.18. The van der Waals surface area contributed by atoms with Gasteiger partial charge in [-0.3, -0.25) is 4.79 Å². The van der Waals surface area contributed by atoms with E-state index in [-0.39, 0.29) is 18.6 Å². The third kappa shape index (κ3) is 9.96. The zero-order valence-corrected chi connectivity index (χ0v) is 13.9. The van der Waals surface area contributed by atoms with Crippen LogP contribution in [0.3, 0.4) is 0 Å². The molecule has 0 amide bonds. The second-order valence-corrected chi connectivity index (χ2v) is 6.29. The van der Waals surface area contributed by atoms with Gasteiger partial charge in [-0.25, -0.2) is 0 Å². The predicted molar refractivity (Wildman–Crippen MR) is 87.9 cm³/mol. The van der Waals surface area contributed by atoms with E-state index >= 15 is 0 Å². The lowest BCUT2D eigenvalue weighted by Crippen LogP contribution is -2.08. The first kappa shape index (κ1) is 19.2. The van der Waals surface area contributed by atoms with E-state index in [1.54, 1.807) is 0 Å². The molecule has 22 heavy (non-hydrogen) atoms. The van der Waals surface area contributed by atoms with Crippen LogP contribution in [0.15, 0.2) is 12.2 Å². The minimum absolute atomic E-state index is 0.264. The Bertz CT molecular complexity index is 327. The van der Waals surface area contributed by atoms with Crippen molar-refractivity contribution in [3.05, 3.63) is 12.2 Å². The van der Waals surface area contributed by atoms with Crippen molar-refractivity contribution in [3.8, 4) is 0 Å². The highest BCUT2D eigenvalue weighted by Crippen LogP contribution is 2.31. The van der Waals surface area contributed by atoms with E-state index in [0.29, 0.717) is 6.10 Å². The summed E-state index contributed by atoms with van der Waals surface area (Å²) in [5.74, 6) is -0.700. The molecule has 0 spiro atoms. The van der Waals surface area contributed by atoms with Crippen molar-refractivity contribution in [1.29, 1.82) is 0 Å². The lowest BCUT2D eigenvalue weighted by Gasteiger charge is -2.02. The van der Waals surface area contributed by atoms with E-state index in [4.69, 9.17) is 9.84 Å². The second kappa shape index (κ2) is 11.7. The second-order valence-electron chi connectivity index (χ2n) is 6.29. The minimum atomic E-state index is -0.700. The summed E-state index contributed by atoms with van der Waals surface area (Å²) in [4.78, 5) is 10.3. The first-order chi connectivity index (χ1) is 10.6. The number of hydrogen-bond acceptors (Lipinski definition) is 3. The Morgan fingerprint density at radius 2 is 1.86 bits per heavy atom. The molecule has 0 aromatic heterocycles. The van der Waals surface area contributed by atoms with Crippen LogP contribution >= 0.6 is 0 Å². The summed E-state index contributed by atoms with van der Waals surface area (Å²) in [5, 5.41) is 18.4. The zero-order valence-electron chi connectivity index (χ0n) is 13.9. The van der Waals surface area contributed by atoms with Crippen molar-refractivity contribution in [2.75, 3.05) is 0 Å². The Morgan fingerprint density at radius 1 is 1.14 bits per heavy atom. The molecule has 1 saturated heterocycles. The van der Waals surface area contributed by atoms with Crippen LogP contribution in [-0.4, -0.2) is 34.5 Å². The van der Waals surface area contributed by atoms with Crippen molar-refractivity contribution >= 4 is 5.97 Å². The third-order valence-electron chi connectivity index (χ3n) is 4.12. The third-order valence-corrected chi connectivity index (χ3v) is 4.12. The van der Waals surface area contributed by atoms with Gasteiger partial charge in [-0.05, 0) is 25.7 Å². The predicted octanol–water partition coefficient (Wildman–Crippen LogP) is 4.07. The summed E-state index contributed by atoms with van der Waals surface area (Å²) >= 11 is 0. The Hall–Kier alpha value is -0.870. The molecule has 1 heterocycles. The number of allylic oxidation sites excluding steroid dienone is 1. The first-order valence-electron chi connectivity index (χ1n) is 8.85. The standard InChI is InChI=1S/C18H32O4/c1-2-3-12-16-17(22-16)14-15(19)11-9-7-5-4-6-8-10-13-18(20)21/h9,11,15-17,19H,2-8,10,12-14H2,1H3,(H,20,21). The van der Waals surface area contributed by atoms with Crippen molar-refractivity contribution < 1.29 is 19.7 Å². The molecule has 128 valence electrons. The number of epoxide rings is 1. The molecule has 4 nitrogen and oxygen atoms in total. The molecule has 0 radical (unpaired) electrons. The Morgan fingerprint density at radius 3 is 2.59 bits per heavy atom. The number of hydrogen-bond donors (Lipinski definition) is 2. The summed E-state index contributed by atoms with van der Waals surface area (Å²) in [6.07, 6.45) is 14.9. The summed E-state index contributed by atoms with van der Waals surface area (Å²) in [6, 6.07) is 0. The lowest BCUT2D eigenvalue weighted by molar-refractivity contribution is -0.137. The molecule has 4 heteroatoms. The molecule has 0 bridgehead atoms. The molecule has 3 atom stereocenters. The average molecular weight is 312 g/mol. The monoisotopic (exact) mass is 312 g/mol. The Labute approximate surface area is 134 Å². The van der Waals surface area contributed by atoms with Crippen molar-refractivity contribution in [1.82, 2.24) is 0 Å². The van der Waals surface area contributed by atoms with Gasteiger partial charge in [-0.1, -0.05) is 51.2 Å². The van der Waals surface area contributed by atoms with Gasteiger partial charge in [0.05, 0.1) is 18.3 Å². The first-order valence-corrected chi connectivity index (χ1v) is 8.85. The van der Waals surface area contributed by atoms with E-state index in [1.807, 2.05) is 6.08 Å². The molecule has 3 unspecified atom stereocenters. The van der Waals surface area contributed by atoms with Crippen molar-refractivity contribution in [3.63, 3.8) is 0 Å². The number of aliphatic hydroxyl groups excluding tert-OH is 1. The van der Waals surface area contributed by atoms with E-state index in [0.717, 1.165) is 51.4 Å². The molecule has 1 fully saturated rings. The fraction of sp³-hybridized carbons (Fsp3) is 0.833. The van der Waals surface area contributed by atoms with Gasteiger partial charge in [0.1, 0.15) is 0 Å². The highest BCUT2D eigenvalue weighted by molar-refractivity contribution is 5.66. The number of aliphatic hydroxyl groups is 1. The number of unbranched alkanes of at least 4 members (excludes halogenated alkanes) is 6. The van der Waals surface area contributed by atoms with Crippen molar-refractivity contribution in [2.24, 2.45) is 0 Å². The number of aliphatic carboxylic acids is 1. The normalized spacial score (nSPS) is 22.1. The maximum Gasteiger partial charge on any atom is 0.303 e. The van der Waals surface area contributed by atoms with E-state index in [2.05, 4.69) is 13.0 Å². The van der Waals surface area contributed by atoms with E-state index in [9.17, 15) is 9.90 Å². The zero-order chi connectivity index (χ0) is 16.2. The van der Waals surface area contributed by atoms with Crippen LogP contribution in [0.1, 0.15) is 77.6 Å². The van der Waals surface area contributed by atoms with Crippen LogP contribution < -0.4 is 0 Å². The smallest absolute Gasteiger partial charge is 0.303 e. The molecular formula is C18H32O4. The number of carboxylic acid groups (broad SMARTS) is 1. The van der Waals surface area contributed by atoms with Gasteiger partial charge >= 0.3 is 5.97 Å². The van der Waals surface area contributed by atoms with Crippen LogP contribution in [0, 0.1) is 0 Å². The number of carbonyl (C=O) groups is 1. The van der Waals surface area contributed by atoms with Crippen LogP contribution in [0.25, 0.3) is 0 Å². The number of ether oxygens (including phenoxy) is 1. The minimum Gasteiger partial charge on any atom is -0.481 e. The molecular weight excluding hydrogens is 280 g/mol. The maximum atomic E-state index is 10.3. The largest absolute Gasteiger partial charge is 0.481 e. The highest BCUT2D eigenvalue weighted by Gasteiger charge is 2.38. The van der Waals surface area contributed by atoms with Gasteiger partial charge in [0.25, 0.3) is 0 Å². The quantitative estimate of drug-likeness (QED) is 0.288. The molecule has 0 aromatic rings. The Kier molecular flexibility index (Phi) is 10.2. The Balaban J connectivity index is 1.90. The summed E-state index contributed by atoms with van der Waals surface area (Å²) in [5.41, 5.74) is 0. The molecule has 1 rings (SSSR count). The van der Waals surface area contributed by atoms with Gasteiger partial charge < -0.3 is 14.9 Å². The molecule has 0 aromatic carbocycles.